The molecular formula is C25H32O6. The fraction of sp³-hybridized carbons (Fsp3) is 0.440. The lowest BCUT2D eigenvalue weighted by molar-refractivity contribution is -0.143. The van der Waals surface area contributed by atoms with Crippen molar-refractivity contribution in [3.8, 4) is 17.2 Å². The smallest absolute Gasteiger partial charge is 0.306 e. The molecule has 0 atom stereocenters. The second-order valence-electron chi connectivity index (χ2n) is 8.01. The van der Waals surface area contributed by atoms with Gasteiger partial charge in [0, 0.05) is 18.1 Å². The lowest BCUT2D eigenvalue weighted by atomic mass is 9.98. The van der Waals surface area contributed by atoms with Crippen LogP contribution in [0.3, 0.4) is 0 Å². The highest BCUT2D eigenvalue weighted by molar-refractivity contribution is 6.11. The number of ether oxygens (including phenoxy) is 3. The van der Waals surface area contributed by atoms with Crippen LogP contribution in [0.1, 0.15) is 62.5 Å². The van der Waals surface area contributed by atoms with E-state index in [0.717, 1.165) is 5.56 Å². The van der Waals surface area contributed by atoms with Gasteiger partial charge in [-0.15, -0.1) is 0 Å². The molecule has 0 spiro atoms. The molecule has 0 fully saturated rings. The lowest BCUT2D eigenvalue weighted by Crippen LogP contribution is -2.10. The second-order valence-corrected chi connectivity index (χ2v) is 8.01. The van der Waals surface area contributed by atoms with Gasteiger partial charge in [-0.2, -0.15) is 0 Å². The van der Waals surface area contributed by atoms with Crippen molar-refractivity contribution < 1.29 is 28.9 Å². The van der Waals surface area contributed by atoms with Crippen LogP contribution in [0, 0.1) is 5.92 Å². The highest BCUT2D eigenvalue weighted by atomic mass is 16.5. The van der Waals surface area contributed by atoms with E-state index < -0.39 is 0 Å². The number of aryl methyl sites for hydroxylation is 1. The van der Waals surface area contributed by atoms with E-state index in [2.05, 4.69) is 0 Å². The quantitative estimate of drug-likeness (QED) is 0.403. The van der Waals surface area contributed by atoms with Gasteiger partial charge in [0.2, 0.25) is 0 Å². The summed E-state index contributed by atoms with van der Waals surface area (Å²) < 4.78 is 16.4. The van der Waals surface area contributed by atoms with E-state index in [1.165, 1.54) is 6.07 Å². The number of carbonyl (C=O) groups excluding carboxylic acids is 2. The highest BCUT2D eigenvalue weighted by Gasteiger charge is 2.18. The number of rotatable bonds is 11. The van der Waals surface area contributed by atoms with Gasteiger partial charge in [0.1, 0.15) is 17.2 Å². The number of ketones is 1. The van der Waals surface area contributed by atoms with E-state index in [0.29, 0.717) is 42.6 Å². The third kappa shape index (κ3) is 7.31. The van der Waals surface area contributed by atoms with Gasteiger partial charge in [-0.3, -0.25) is 9.59 Å². The molecule has 0 aliphatic heterocycles. The van der Waals surface area contributed by atoms with Crippen molar-refractivity contribution in [1.82, 2.24) is 0 Å². The minimum atomic E-state index is -0.318. The Hall–Kier alpha value is -3.02. The number of esters is 1. The van der Waals surface area contributed by atoms with Crippen molar-refractivity contribution in [2.24, 2.45) is 5.92 Å². The molecule has 2 aromatic carbocycles. The zero-order valence-electron chi connectivity index (χ0n) is 18.9. The number of hydrogen-bond donors (Lipinski definition) is 1. The molecule has 168 valence electrons. The van der Waals surface area contributed by atoms with Crippen molar-refractivity contribution >= 4 is 11.8 Å². The third-order valence-electron chi connectivity index (χ3n) is 4.38. The van der Waals surface area contributed by atoms with Crippen molar-refractivity contribution in [3.63, 3.8) is 0 Å². The largest absolute Gasteiger partial charge is 0.507 e. The van der Waals surface area contributed by atoms with Crippen LogP contribution in [0.15, 0.2) is 36.4 Å². The van der Waals surface area contributed by atoms with Crippen molar-refractivity contribution in [2.75, 3.05) is 13.2 Å². The van der Waals surface area contributed by atoms with Crippen LogP contribution in [0.4, 0.5) is 0 Å². The summed E-state index contributed by atoms with van der Waals surface area (Å²) in [7, 11) is 0. The number of aromatic hydroxyl groups is 1. The molecule has 0 aliphatic rings. The minimum absolute atomic E-state index is 0.0405. The van der Waals surface area contributed by atoms with E-state index in [-0.39, 0.29) is 35.6 Å². The Labute approximate surface area is 184 Å². The molecule has 31 heavy (non-hydrogen) atoms. The van der Waals surface area contributed by atoms with Gasteiger partial charge in [0.25, 0.3) is 0 Å². The molecule has 0 unspecified atom stereocenters. The van der Waals surface area contributed by atoms with Gasteiger partial charge in [0.15, 0.2) is 5.78 Å². The van der Waals surface area contributed by atoms with Crippen LogP contribution in [-0.2, 0) is 16.0 Å². The van der Waals surface area contributed by atoms with E-state index in [1.807, 2.05) is 27.7 Å². The molecule has 0 saturated carbocycles. The van der Waals surface area contributed by atoms with Crippen molar-refractivity contribution in [3.05, 3.63) is 53.1 Å². The van der Waals surface area contributed by atoms with E-state index in [1.54, 1.807) is 37.3 Å². The molecular weight excluding hydrogens is 396 g/mol. The fourth-order valence-corrected chi connectivity index (χ4v) is 2.99. The molecule has 0 radical (unpaired) electrons. The summed E-state index contributed by atoms with van der Waals surface area (Å²) in [5.41, 5.74) is 1.34. The minimum Gasteiger partial charge on any atom is -0.507 e. The Bertz CT molecular complexity index is 901. The van der Waals surface area contributed by atoms with Crippen molar-refractivity contribution in [1.29, 1.82) is 0 Å². The van der Waals surface area contributed by atoms with Gasteiger partial charge in [-0.25, -0.2) is 0 Å². The van der Waals surface area contributed by atoms with Crippen LogP contribution in [0.2, 0.25) is 0 Å². The molecule has 0 bridgehead atoms. The monoisotopic (exact) mass is 428 g/mol. The number of phenols is 1. The Morgan fingerprint density at radius 2 is 1.77 bits per heavy atom. The first-order valence-corrected chi connectivity index (χ1v) is 10.7. The summed E-state index contributed by atoms with van der Waals surface area (Å²) in [6.45, 7) is 10.5. The Morgan fingerprint density at radius 1 is 1.03 bits per heavy atom. The molecule has 0 aliphatic carbocycles. The summed E-state index contributed by atoms with van der Waals surface area (Å²) in [6.07, 6.45) is 0.539. The average molecular weight is 429 g/mol. The van der Waals surface area contributed by atoms with Gasteiger partial charge in [-0.05, 0) is 69.0 Å². The molecule has 2 aromatic rings. The third-order valence-corrected chi connectivity index (χ3v) is 4.38. The van der Waals surface area contributed by atoms with E-state index in [4.69, 9.17) is 14.2 Å². The van der Waals surface area contributed by atoms with Gasteiger partial charge >= 0.3 is 5.97 Å². The highest BCUT2D eigenvalue weighted by Crippen LogP contribution is 2.29. The first-order valence-electron chi connectivity index (χ1n) is 10.7. The molecule has 2 rings (SSSR count). The topological polar surface area (TPSA) is 82.1 Å². The number of carbonyl (C=O) groups is 2. The maximum absolute atomic E-state index is 13.0. The van der Waals surface area contributed by atoms with Crippen molar-refractivity contribution in [2.45, 2.75) is 53.6 Å². The zero-order valence-corrected chi connectivity index (χ0v) is 18.9. The molecule has 6 nitrogen and oxygen atoms in total. The average Bonchev–Trinajstić information content (AvgIpc) is 2.70. The van der Waals surface area contributed by atoms with Crippen LogP contribution in [0.25, 0.3) is 0 Å². The summed E-state index contributed by atoms with van der Waals surface area (Å²) in [6, 6.07) is 9.78. The molecule has 0 heterocycles. The number of phenolic OH excluding ortho intramolecular Hbond substituents is 1. The predicted octanol–water partition coefficient (Wildman–Crippen LogP) is 4.94. The molecule has 0 saturated heterocycles. The fourth-order valence-electron chi connectivity index (χ4n) is 2.99. The molecule has 0 aromatic heterocycles. The SMILES string of the molecule is CCOC(=O)CCc1cc(C(=O)c2ccc(OC(C)C)cc2O)ccc1OCC(C)C. The summed E-state index contributed by atoms with van der Waals surface area (Å²) in [5, 5.41) is 10.4. The van der Waals surface area contributed by atoms with Crippen LogP contribution >= 0.6 is 0 Å². The number of hydrogen-bond acceptors (Lipinski definition) is 6. The Kier molecular flexibility index (Phi) is 8.91. The number of benzene rings is 2. The van der Waals surface area contributed by atoms with Crippen LogP contribution in [0.5, 0.6) is 17.2 Å². The maximum atomic E-state index is 13.0. The molecule has 1 N–H and O–H groups in total. The summed E-state index contributed by atoms with van der Waals surface area (Å²) >= 11 is 0. The van der Waals surface area contributed by atoms with Gasteiger partial charge < -0.3 is 19.3 Å². The van der Waals surface area contributed by atoms with E-state index >= 15 is 0 Å². The first kappa shape index (κ1) is 24.3. The maximum Gasteiger partial charge on any atom is 0.306 e. The van der Waals surface area contributed by atoms with E-state index in [9.17, 15) is 14.7 Å². The standard InChI is InChI=1S/C25H32O6/c1-6-29-24(27)12-8-18-13-19(7-11-23(18)30-15-16(2)3)25(28)21-10-9-20(14-22(21)26)31-17(4)5/h7,9-11,13-14,16-17,26H,6,8,12,15H2,1-5H3. The van der Waals surface area contributed by atoms with Gasteiger partial charge in [0.05, 0.1) is 24.9 Å². The van der Waals surface area contributed by atoms with Crippen LogP contribution in [-0.4, -0.2) is 36.2 Å². The first-order chi connectivity index (χ1) is 14.7. The normalized spacial score (nSPS) is 10.9. The molecule has 6 heteroatoms. The molecule has 0 amide bonds. The summed E-state index contributed by atoms with van der Waals surface area (Å²) in [5.74, 6) is 0.712. The lowest BCUT2D eigenvalue weighted by Gasteiger charge is -2.15. The Morgan fingerprint density at radius 3 is 2.39 bits per heavy atom. The predicted molar refractivity (Wildman–Crippen MR) is 119 cm³/mol. The van der Waals surface area contributed by atoms with Crippen LogP contribution < -0.4 is 9.47 Å². The Balaban J connectivity index is 2.29. The summed E-state index contributed by atoms with van der Waals surface area (Å²) in [4.78, 5) is 24.8. The van der Waals surface area contributed by atoms with Gasteiger partial charge in [-0.1, -0.05) is 13.8 Å². The second kappa shape index (κ2) is 11.4. The zero-order chi connectivity index (χ0) is 23.0.